The normalized spacial score (nSPS) is 11.2. The maximum absolute atomic E-state index is 5.94. The molecule has 6 aromatic rings. The summed E-state index contributed by atoms with van der Waals surface area (Å²) in [5.41, 5.74) is 4.68. The fourth-order valence-corrected chi connectivity index (χ4v) is 5.10. The lowest BCUT2D eigenvalue weighted by Crippen LogP contribution is -1.94. The molecule has 0 fully saturated rings. The molecular formula is C32H24O2. The zero-order chi connectivity index (χ0) is 23.1. The average molecular weight is 441 g/mol. The molecule has 0 aliphatic heterocycles. The molecule has 2 nitrogen and oxygen atoms in total. The van der Waals surface area contributed by atoms with Crippen LogP contribution in [0.15, 0.2) is 109 Å². The second-order valence-corrected chi connectivity index (χ2v) is 8.48. The second-order valence-electron chi connectivity index (χ2n) is 8.48. The van der Waals surface area contributed by atoms with E-state index in [-0.39, 0.29) is 0 Å². The maximum atomic E-state index is 5.94. The highest BCUT2D eigenvalue weighted by Crippen LogP contribution is 2.47. The first kappa shape index (κ1) is 20.3. The standard InChI is InChI=1S/C32H24O2/c1-33-25-15-8-14-24(18-25)30-26-16-9-17-29(34-2)32(26)31(21-10-4-3-5-11-21)28-20-23-13-7-6-12-22(23)19-27(28)30/h3-20H,1-2H3. The average Bonchev–Trinajstić information content (AvgIpc) is 2.90. The topological polar surface area (TPSA) is 18.5 Å². The van der Waals surface area contributed by atoms with Gasteiger partial charge in [0.05, 0.1) is 14.2 Å². The number of fused-ring (bicyclic) bond motifs is 3. The molecule has 6 aromatic carbocycles. The number of benzene rings is 6. The molecular weight excluding hydrogens is 416 g/mol. The van der Waals surface area contributed by atoms with Gasteiger partial charge in [0.2, 0.25) is 0 Å². The molecule has 164 valence electrons. The lowest BCUT2D eigenvalue weighted by atomic mass is 9.84. The van der Waals surface area contributed by atoms with Crippen LogP contribution in [0.25, 0.3) is 54.6 Å². The quantitative estimate of drug-likeness (QED) is 0.256. The summed E-state index contributed by atoms with van der Waals surface area (Å²) in [5, 5.41) is 7.15. The largest absolute Gasteiger partial charge is 0.497 e. The van der Waals surface area contributed by atoms with Gasteiger partial charge in [-0.15, -0.1) is 0 Å². The number of hydrogen-bond acceptors (Lipinski definition) is 2. The van der Waals surface area contributed by atoms with E-state index in [4.69, 9.17) is 9.47 Å². The van der Waals surface area contributed by atoms with Crippen molar-refractivity contribution in [2.45, 2.75) is 0 Å². The maximum Gasteiger partial charge on any atom is 0.127 e. The van der Waals surface area contributed by atoms with Gasteiger partial charge in [-0.05, 0) is 74.0 Å². The van der Waals surface area contributed by atoms with Gasteiger partial charge in [-0.2, -0.15) is 0 Å². The van der Waals surface area contributed by atoms with Gasteiger partial charge in [0.25, 0.3) is 0 Å². The number of hydrogen-bond donors (Lipinski definition) is 0. The lowest BCUT2D eigenvalue weighted by Gasteiger charge is -2.20. The first-order valence-electron chi connectivity index (χ1n) is 11.4. The molecule has 2 heteroatoms. The van der Waals surface area contributed by atoms with Crippen LogP contribution in [0, 0.1) is 0 Å². The molecule has 0 unspecified atom stereocenters. The van der Waals surface area contributed by atoms with E-state index in [9.17, 15) is 0 Å². The molecule has 0 heterocycles. The van der Waals surface area contributed by atoms with E-state index < -0.39 is 0 Å². The molecule has 0 bridgehead atoms. The Hall–Kier alpha value is -4.30. The van der Waals surface area contributed by atoms with Crippen molar-refractivity contribution >= 4 is 32.3 Å². The summed E-state index contributed by atoms with van der Waals surface area (Å²) in [6.45, 7) is 0. The van der Waals surface area contributed by atoms with Gasteiger partial charge in [0, 0.05) is 10.9 Å². The van der Waals surface area contributed by atoms with Gasteiger partial charge >= 0.3 is 0 Å². The van der Waals surface area contributed by atoms with Crippen LogP contribution in [0.3, 0.4) is 0 Å². The van der Waals surface area contributed by atoms with Crippen LogP contribution < -0.4 is 9.47 Å². The van der Waals surface area contributed by atoms with Crippen LogP contribution in [0.1, 0.15) is 0 Å². The van der Waals surface area contributed by atoms with Crippen molar-refractivity contribution < 1.29 is 9.47 Å². The summed E-state index contributed by atoms with van der Waals surface area (Å²) >= 11 is 0. The summed E-state index contributed by atoms with van der Waals surface area (Å²) in [7, 11) is 3.46. The van der Waals surface area contributed by atoms with E-state index in [1.54, 1.807) is 14.2 Å². The van der Waals surface area contributed by atoms with E-state index in [0.29, 0.717) is 0 Å². The monoisotopic (exact) mass is 440 g/mol. The van der Waals surface area contributed by atoms with E-state index in [1.807, 2.05) is 6.07 Å². The minimum Gasteiger partial charge on any atom is -0.497 e. The van der Waals surface area contributed by atoms with Crippen LogP contribution in [0.2, 0.25) is 0 Å². The number of methoxy groups -OCH3 is 2. The predicted molar refractivity (Wildman–Crippen MR) is 143 cm³/mol. The van der Waals surface area contributed by atoms with Gasteiger partial charge < -0.3 is 9.47 Å². The van der Waals surface area contributed by atoms with Crippen LogP contribution in [-0.4, -0.2) is 14.2 Å². The molecule has 0 radical (unpaired) electrons. The van der Waals surface area contributed by atoms with Crippen molar-refractivity contribution in [2.75, 3.05) is 14.2 Å². The van der Waals surface area contributed by atoms with Gasteiger partial charge in [-0.3, -0.25) is 0 Å². The fraction of sp³-hybridized carbons (Fsp3) is 0.0625. The van der Waals surface area contributed by atoms with Crippen molar-refractivity contribution in [3.8, 4) is 33.8 Å². The first-order valence-corrected chi connectivity index (χ1v) is 11.4. The van der Waals surface area contributed by atoms with Crippen LogP contribution in [0.5, 0.6) is 11.5 Å². The Morgan fingerprint density at radius 1 is 0.471 bits per heavy atom. The summed E-state index contributed by atoms with van der Waals surface area (Å²) in [4.78, 5) is 0. The highest BCUT2D eigenvalue weighted by atomic mass is 16.5. The molecule has 6 rings (SSSR count). The molecule has 0 saturated carbocycles. The van der Waals surface area contributed by atoms with Crippen molar-refractivity contribution in [1.82, 2.24) is 0 Å². The van der Waals surface area contributed by atoms with E-state index in [0.717, 1.165) is 27.8 Å². The highest BCUT2D eigenvalue weighted by Gasteiger charge is 2.20. The summed E-state index contributed by atoms with van der Waals surface area (Å²) < 4.78 is 11.5. The van der Waals surface area contributed by atoms with Crippen molar-refractivity contribution in [3.63, 3.8) is 0 Å². The fourth-order valence-electron chi connectivity index (χ4n) is 5.10. The molecule has 0 spiro atoms. The Bertz CT molecular complexity index is 1670. The second kappa shape index (κ2) is 8.24. The zero-order valence-electron chi connectivity index (χ0n) is 19.2. The lowest BCUT2D eigenvalue weighted by molar-refractivity contribution is 0.415. The van der Waals surface area contributed by atoms with E-state index in [1.165, 1.54) is 38.2 Å². The molecule has 0 aromatic heterocycles. The molecule has 0 N–H and O–H groups in total. The van der Waals surface area contributed by atoms with E-state index >= 15 is 0 Å². The minimum atomic E-state index is 0.842. The Balaban J connectivity index is 1.90. The Kier molecular flexibility index (Phi) is 4.92. The highest BCUT2D eigenvalue weighted by molar-refractivity contribution is 6.24. The Labute approximate surface area is 199 Å². The smallest absolute Gasteiger partial charge is 0.127 e. The minimum absolute atomic E-state index is 0.842. The zero-order valence-corrected chi connectivity index (χ0v) is 19.2. The summed E-state index contributed by atoms with van der Waals surface area (Å²) in [6, 6.07) is 38.5. The van der Waals surface area contributed by atoms with Gasteiger partial charge in [0.1, 0.15) is 11.5 Å². The molecule has 0 aliphatic carbocycles. The van der Waals surface area contributed by atoms with Crippen LogP contribution >= 0.6 is 0 Å². The third-order valence-corrected chi connectivity index (χ3v) is 6.61. The van der Waals surface area contributed by atoms with Crippen LogP contribution in [-0.2, 0) is 0 Å². The van der Waals surface area contributed by atoms with Crippen molar-refractivity contribution in [3.05, 3.63) is 109 Å². The van der Waals surface area contributed by atoms with Crippen molar-refractivity contribution in [1.29, 1.82) is 0 Å². The van der Waals surface area contributed by atoms with Crippen molar-refractivity contribution in [2.24, 2.45) is 0 Å². The molecule has 34 heavy (non-hydrogen) atoms. The third-order valence-electron chi connectivity index (χ3n) is 6.61. The van der Waals surface area contributed by atoms with Gasteiger partial charge in [-0.25, -0.2) is 0 Å². The number of ether oxygens (including phenoxy) is 2. The summed E-state index contributed by atoms with van der Waals surface area (Å²) in [6.07, 6.45) is 0. The SMILES string of the molecule is COc1cccc(-c2c3cc4ccccc4cc3c(-c3ccccc3)c3c(OC)cccc23)c1. The van der Waals surface area contributed by atoms with Gasteiger partial charge in [0.15, 0.2) is 0 Å². The predicted octanol–water partition coefficient (Wildman–Crippen LogP) is 8.50. The van der Waals surface area contributed by atoms with E-state index in [2.05, 4.69) is 103 Å². The van der Waals surface area contributed by atoms with Gasteiger partial charge in [-0.1, -0.05) is 78.9 Å². The molecule has 0 amide bonds. The van der Waals surface area contributed by atoms with Crippen LogP contribution in [0.4, 0.5) is 0 Å². The molecule has 0 atom stereocenters. The summed E-state index contributed by atoms with van der Waals surface area (Å²) in [5.74, 6) is 1.71. The molecule has 0 saturated heterocycles. The number of rotatable bonds is 4. The Morgan fingerprint density at radius 3 is 1.82 bits per heavy atom. The molecule has 0 aliphatic rings. The first-order chi connectivity index (χ1) is 16.8. The Morgan fingerprint density at radius 2 is 1.12 bits per heavy atom. The third kappa shape index (κ3) is 3.19.